The lowest BCUT2D eigenvalue weighted by molar-refractivity contribution is -0.139. The molecule has 0 radical (unpaired) electrons. The van der Waals surface area contributed by atoms with E-state index in [4.69, 9.17) is 9.52 Å². The summed E-state index contributed by atoms with van der Waals surface area (Å²) >= 11 is 0. The highest BCUT2D eigenvalue weighted by Gasteiger charge is 2.19. The summed E-state index contributed by atoms with van der Waals surface area (Å²) in [4.78, 5) is 10.6. The molecule has 0 fully saturated rings. The molecule has 11 heavy (non-hydrogen) atoms. The lowest BCUT2D eigenvalue weighted by Gasteiger charge is -2.04. The maximum Gasteiger partial charge on any atom is 0.314 e. The maximum absolute atomic E-state index is 10.6. The van der Waals surface area contributed by atoms with Gasteiger partial charge in [-0.1, -0.05) is 6.92 Å². The molecule has 1 rings (SSSR count). The second-order valence-corrected chi connectivity index (χ2v) is 2.31. The third-order valence-corrected chi connectivity index (χ3v) is 1.59. The molecule has 0 bridgehead atoms. The first-order valence-electron chi connectivity index (χ1n) is 3.52. The molecule has 1 heterocycles. The first-order chi connectivity index (χ1) is 5.25. The number of carbonyl (C=O) groups is 1. The molecule has 60 valence electrons. The lowest BCUT2D eigenvalue weighted by atomic mass is 10.0. The summed E-state index contributed by atoms with van der Waals surface area (Å²) in [7, 11) is 0. The van der Waals surface area contributed by atoms with Crippen molar-refractivity contribution in [3.05, 3.63) is 24.2 Å². The smallest absolute Gasteiger partial charge is 0.314 e. The molecule has 0 aliphatic heterocycles. The van der Waals surface area contributed by atoms with Crippen LogP contribution in [0.3, 0.4) is 0 Å². The van der Waals surface area contributed by atoms with Crippen LogP contribution in [0.2, 0.25) is 0 Å². The Labute approximate surface area is 64.6 Å². The molecule has 3 nitrogen and oxygen atoms in total. The van der Waals surface area contributed by atoms with Gasteiger partial charge in [0.1, 0.15) is 11.7 Å². The quantitative estimate of drug-likeness (QED) is 0.722. The topological polar surface area (TPSA) is 50.4 Å². The van der Waals surface area contributed by atoms with Gasteiger partial charge < -0.3 is 9.52 Å². The van der Waals surface area contributed by atoms with Crippen LogP contribution in [0.4, 0.5) is 0 Å². The molecule has 0 aliphatic carbocycles. The summed E-state index contributed by atoms with van der Waals surface area (Å²) in [5.41, 5.74) is 0. The SMILES string of the molecule is CCC(C(=O)O)c1ccco1. The molecular weight excluding hydrogens is 144 g/mol. The molecule has 3 heteroatoms. The van der Waals surface area contributed by atoms with Crippen molar-refractivity contribution in [2.24, 2.45) is 0 Å². The Bertz CT molecular complexity index is 225. The van der Waals surface area contributed by atoms with Crippen LogP contribution in [-0.2, 0) is 4.79 Å². The normalized spacial score (nSPS) is 12.8. The van der Waals surface area contributed by atoms with Gasteiger partial charge in [0, 0.05) is 0 Å². The van der Waals surface area contributed by atoms with E-state index in [1.54, 1.807) is 12.1 Å². The first-order valence-corrected chi connectivity index (χ1v) is 3.52. The van der Waals surface area contributed by atoms with Gasteiger partial charge in [-0.3, -0.25) is 4.79 Å². The Morgan fingerprint density at radius 3 is 2.91 bits per heavy atom. The Morgan fingerprint density at radius 1 is 1.82 bits per heavy atom. The van der Waals surface area contributed by atoms with Crippen molar-refractivity contribution in [1.82, 2.24) is 0 Å². The fourth-order valence-electron chi connectivity index (χ4n) is 0.987. The Kier molecular flexibility index (Phi) is 2.31. The predicted molar refractivity (Wildman–Crippen MR) is 39.4 cm³/mol. The van der Waals surface area contributed by atoms with E-state index in [0.717, 1.165) is 0 Å². The van der Waals surface area contributed by atoms with Crippen molar-refractivity contribution in [1.29, 1.82) is 0 Å². The molecule has 0 aromatic carbocycles. The zero-order valence-corrected chi connectivity index (χ0v) is 6.28. The summed E-state index contributed by atoms with van der Waals surface area (Å²) in [5.74, 6) is -0.799. The molecule has 0 aliphatic rings. The highest BCUT2D eigenvalue weighted by atomic mass is 16.4. The maximum atomic E-state index is 10.6. The van der Waals surface area contributed by atoms with E-state index in [1.807, 2.05) is 6.92 Å². The molecule has 1 aromatic heterocycles. The van der Waals surface area contributed by atoms with E-state index in [1.165, 1.54) is 6.26 Å². The highest BCUT2D eigenvalue weighted by Crippen LogP contribution is 2.19. The van der Waals surface area contributed by atoms with Crippen LogP contribution in [0.5, 0.6) is 0 Å². The number of furan rings is 1. The van der Waals surface area contributed by atoms with Crippen LogP contribution in [0.1, 0.15) is 25.0 Å². The van der Waals surface area contributed by atoms with E-state index in [9.17, 15) is 4.79 Å². The third kappa shape index (κ3) is 1.61. The summed E-state index contributed by atoms with van der Waals surface area (Å²) < 4.78 is 4.97. The van der Waals surface area contributed by atoms with Gasteiger partial charge >= 0.3 is 5.97 Å². The zero-order chi connectivity index (χ0) is 8.27. The molecule has 1 aromatic rings. The highest BCUT2D eigenvalue weighted by molar-refractivity contribution is 5.74. The van der Waals surface area contributed by atoms with Crippen LogP contribution in [0.25, 0.3) is 0 Å². The fraction of sp³-hybridized carbons (Fsp3) is 0.375. The molecule has 0 saturated heterocycles. The van der Waals surface area contributed by atoms with E-state index in [2.05, 4.69) is 0 Å². The standard InChI is InChI=1S/C8H10O3/c1-2-6(8(9)10)7-4-3-5-11-7/h3-6H,2H2,1H3,(H,9,10). The fourth-order valence-corrected chi connectivity index (χ4v) is 0.987. The molecule has 0 amide bonds. The molecule has 0 saturated carbocycles. The van der Waals surface area contributed by atoms with Gasteiger partial charge in [0.2, 0.25) is 0 Å². The number of carboxylic acid groups (broad SMARTS) is 1. The van der Waals surface area contributed by atoms with Crippen LogP contribution in [-0.4, -0.2) is 11.1 Å². The summed E-state index contributed by atoms with van der Waals surface area (Å²) in [6.45, 7) is 1.82. The monoisotopic (exact) mass is 154 g/mol. The third-order valence-electron chi connectivity index (χ3n) is 1.59. The lowest BCUT2D eigenvalue weighted by Crippen LogP contribution is -2.09. The van der Waals surface area contributed by atoms with E-state index < -0.39 is 11.9 Å². The van der Waals surface area contributed by atoms with Gasteiger partial charge in [0.05, 0.1) is 6.26 Å². The van der Waals surface area contributed by atoms with Crippen LogP contribution >= 0.6 is 0 Å². The van der Waals surface area contributed by atoms with Crippen molar-refractivity contribution in [3.63, 3.8) is 0 Å². The number of rotatable bonds is 3. The summed E-state index contributed by atoms with van der Waals surface area (Å²) in [5, 5.41) is 8.69. The average Bonchev–Trinajstić information content (AvgIpc) is 2.40. The van der Waals surface area contributed by atoms with Gasteiger partial charge in [0.15, 0.2) is 0 Å². The van der Waals surface area contributed by atoms with Gasteiger partial charge in [-0.15, -0.1) is 0 Å². The van der Waals surface area contributed by atoms with Crippen molar-refractivity contribution in [2.45, 2.75) is 19.3 Å². The van der Waals surface area contributed by atoms with Crippen molar-refractivity contribution < 1.29 is 14.3 Å². The second-order valence-electron chi connectivity index (χ2n) is 2.31. The van der Waals surface area contributed by atoms with E-state index in [0.29, 0.717) is 12.2 Å². The van der Waals surface area contributed by atoms with Crippen LogP contribution in [0, 0.1) is 0 Å². The van der Waals surface area contributed by atoms with E-state index in [-0.39, 0.29) is 0 Å². The minimum Gasteiger partial charge on any atom is -0.481 e. The zero-order valence-electron chi connectivity index (χ0n) is 6.28. The van der Waals surface area contributed by atoms with Crippen molar-refractivity contribution in [3.8, 4) is 0 Å². The van der Waals surface area contributed by atoms with E-state index >= 15 is 0 Å². The van der Waals surface area contributed by atoms with Gasteiger partial charge in [-0.2, -0.15) is 0 Å². The average molecular weight is 154 g/mol. The Hall–Kier alpha value is -1.25. The number of carboxylic acids is 1. The second kappa shape index (κ2) is 3.23. The minimum absolute atomic E-state index is 0.495. The minimum atomic E-state index is -0.831. The molecular formula is C8H10O3. The molecule has 0 spiro atoms. The summed E-state index contributed by atoms with van der Waals surface area (Å²) in [6.07, 6.45) is 2.05. The summed E-state index contributed by atoms with van der Waals surface area (Å²) in [6, 6.07) is 3.38. The Morgan fingerprint density at radius 2 is 2.55 bits per heavy atom. The predicted octanol–water partition coefficient (Wildman–Crippen LogP) is 1.86. The number of hydrogen-bond donors (Lipinski definition) is 1. The first kappa shape index (κ1) is 7.85. The van der Waals surface area contributed by atoms with Crippen LogP contribution in [0.15, 0.2) is 22.8 Å². The Balaban J connectivity index is 2.79. The molecule has 1 atom stereocenters. The molecule has 1 unspecified atom stereocenters. The molecule has 1 N–H and O–H groups in total. The van der Waals surface area contributed by atoms with Gasteiger partial charge in [0.25, 0.3) is 0 Å². The van der Waals surface area contributed by atoms with Crippen LogP contribution < -0.4 is 0 Å². The van der Waals surface area contributed by atoms with Gasteiger partial charge in [-0.05, 0) is 18.6 Å². The number of hydrogen-bond acceptors (Lipinski definition) is 2. The number of aliphatic carboxylic acids is 1. The van der Waals surface area contributed by atoms with Crippen molar-refractivity contribution in [2.75, 3.05) is 0 Å². The van der Waals surface area contributed by atoms with Gasteiger partial charge in [-0.25, -0.2) is 0 Å². The largest absolute Gasteiger partial charge is 0.481 e. The van der Waals surface area contributed by atoms with Crippen molar-refractivity contribution >= 4 is 5.97 Å².